The van der Waals surface area contributed by atoms with Crippen LogP contribution in [0.5, 0.6) is 0 Å². The van der Waals surface area contributed by atoms with Crippen LogP contribution in [-0.4, -0.2) is 251 Å². The zero-order valence-corrected chi connectivity index (χ0v) is 41.0. The van der Waals surface area contributed by atoms with E-state index in [1.54, 1.807) is 0 Å². The summed E-state index contributed by atoms with van der Waals surface area (Å²) in [5, 5.41) is 154. The molecule has 6 saturated heterocycles. The van der Waals surface area contributed by atoms with Crippen molar-refractivity contribution in [3.8, 4) is 0 Å². The molecule has 0 aromatic rings. The summed E-state index contributed by atoms with van der Waals surface area (Å²) in [6.07, 6.45) is -27.8. The zero-order valence-electron chi connectivity index (χ0n) is 41.0. The molecule has 0 aromatic heterocycles. The molecule has 0 aromatic carbocycles. The van der Waals surface area contributed by atoms with Gasteiger partial charge in [0.1, 0.15) is 97.7 Å². The number of aliphatic hydroxyl groups excluding tert-OH is 13. The van der Waals surface area contributed by atoms with Crippen LogP contribution in [0.1, 0.15) is 71.6 Å². The van der Waals surface area contributed by atoms with Gasteiger partial charge in [0.25, 0.3) is 0 Å². The van der Waals surface area contributed by atoms with Crippen molar-refractivity contribution >= 4 is 0 Å². The molecule has 6 heterocycles. The Morgan fingerprint density at radius 3 is 1.97 bits per heavy atom. The molecule has 416 valence electrons. The number of hydrogen-bond donors (Lipinski definition) is 14. The fraction of sp³-hybridized carbons (Fsp3) is 0.918. The van der Waals surface area contributed by atoms with E-state index in [9.17, 15) is 71.5 Å². The minimum Gasteiger partial charge on any atom is -0.394 e. The van der Waals surface area contributed by atoms with Gasteiger partial charge in [-0.25, -0.2) is 0 Å². The maximum atomic E-state index is 12.9. The number of aliphatic hydroxyl groups is 14. The first-order chi connectivity index (χ1) is 34.6. The van der Waals surface area contributed by atoms with Crippen molar-refractivity contribution in [2.45, 2.75) is 218 Å². The summed E-state index contributed by atoms with van der Waals surface area (Å²) in [4.78, 5) is 0. The highest BCUT2D eigenvalue weighted by Crippen LogP contribution is 2.71. The first kappa shape index (κ1) is 54.9. The van der Waals surface area contributed by atoms with Gasteiger partial charge in [-0.3, -0.25) is 0 Å². The Morgan fingerprint density at radius 2 is 1.27 bits per heavy atom. The van der Waals surface area contributed by atoms with Crippen molar-refractivity contribution in [3.05, 3.63) is 23.8 Å². The molecule has 6 aliphatic heterocycles. The first-order valence-corrected chi connectivity index (χ1v) is 25.9. The van der Waals surface area contributed by atoms with Crippen molar-refractivity contribution < 1.29 is 119 Å². The number of rotatable bonds is 11. The van der Waals surface area contributed by atoms with Crippen molar-refractivity contribution in [1.82, 2.24) is 0 Å². The standard InChI is InChI=1S/C49H76O24/c1-19-6-11-49(65-17-19)41(62)29-25(73-49)13-48(63)23-5-4-20-12-21(7-9-46(20,2)22(23)8-10-47(29,48)3)66-43-37(61)34(58)38(28(16-52)69-43)70-45-40(72-44-36(60)33(57)31(55)26(14-50)67-44)39(32(56)27(15-51)68-45)71-42-35(59)30(54)24(53)18-64-42/h4,21-45,50-63H,1,5-18H2,2-3H3/t21-,22-,23+,24+,25+,26+,27+,28+,29+,30-,31+,32+,33-,34+,35+,36+,37+,38-,39-,40+,41-,42-,43+,44-,45-,46-,47+,48+,49+/m0/s1. The van der Waals surface area contributed by atoms with Gasteiger partial charge in [0.15, 0.2) is 30.9 Å². The molecule has 0 bridgehead atoms. The van der Waals surface area contributed by atoms with E-state index in [2.05, 4.69) is 26.5 Å². The second kappa shape index (κ2) is 20.6. The van der Waals surface area contributed by atoms with E-state index < -0.39 is 172 Å². The average Bonchev–Trinajstić information content (AvgIpc) is 3.77. The summed E-state index contributed by atoms with van der Waals surface area (Å²) in [6, 6.07) is 0. The molecule has 10 aliphatic rings. The van der Waals surface area contributed by atoms with Crippen molar-refractivity contribution in [2.24, 2.45) is 28.6 Å². The first-order valence-electron chi connectivity index (χ1n) is 25.9. The molecule has 29 atom stereocenters. The molecule has 9 fully saturated rings. The maximum Gasteiger partial charge on any atom is 0.195 e. The fourth-order valence-electron chi connectivity index (χ4n) is 14.6. The molecule has 1 spiro atoms. The average molecular weight is 1050 g/mol. The van der Waals surface area contributed by atoms with E-state index in [0.29, 0.717) is 58.0 Å². The second-order valence-corrected chi connectivity index (χ2v) is 22.8. The lowest BCUT2D eigenvalue weighted by molar-refractivity contribution is -0.403. The third-order valence-corrected chi connectivity index (χ3v) is 18.9. The Balaban J connectivity index is 0.834. The maximum absolute atomic E-state index is 12.9. The topological polar surface area (TPSA) is 376 Å². The van der Waals surface area contributed by atoms with Gasteiger partial charge in [-0.2, -0.15) is 0 Å². The van der Waals surface area contributed by atoms with Crippen LogP contribution in [-0.2, 0) is 47.4 Å². The highest BCUT2D eigenvalue weighted by atomic mass is 16.8. The quantitative estimate of drug-likeness (QED) is 0.0866. The van der Waals surface area contributed by atoms with E-state index in [4.69, 9.17) is 47.4 Å². The molecule has 4 aliphatic carbocycles. The van der Waals surface area contributed by atoms with E-state index in [0.717, 1.165) is 17.6 Å². The summed E-state index contributed by atoms with van der Waals surface area (Å²) in [5.74, 6) is -1.36. The van der Waals surface area contributed by atoms with Crippen LogP contribution < -0.4 is 0 Å². The predicted octanol–water partition coefficient (Wildman–Crippen LogP) is -4.59. The molecule has 24 nitrogen and oxygen atoms in total. The van der Waals surface area contributed by atoms with Crippen LogP contribution in [0, 0.1) is 28.6 Å². The van der Waals surface area contributed by atoms with Crippen LogP contribution >= 0.6 is 0 Å². The largest absolute Gasteiger partial charge is 0.394 e. The fourth-order valence-corrected chi connectivity index (χ4v) is 14.6. The highest BCUT2D eigenvalue weighted by Gasteiger charge is 2.75. The van der Waals surface area contributed by atoms with Gasteiger partial charge in [0, 0.05) is 24.2 Å². The van der Waals surface area contributed by atoms with Gasteiger partial charge in [-0.05, 0) is 62.2 Å². The molecular formula is C49H76O24. The number of ether oxygens (including phenoxy) is 10. The number of allylic oxidation sites excluding steroid dienone is 1. The van der Waals surface area contributed by atoms with E-state index in [1.165, 1.54) is 0 Å². The Hall–Kier alpha value is -1.48. The van der Waals surface area contributed by atoms with Crippen LogP contribution in [0.25, 0.3) is 0 Å². The Kier molecular flexibility index (Phi) is 15.5. The molecule has 24 heteroatoms. The third-order valence-electron chi connectivity index (χ3n) is 18.9. The molecule has 0 amide bonds. The van der Waals surface area contributed by atoms with Crippen LogP contribution in [0.2, 0.25) is 0 Å². The zero-order chi connectivity index (χ0) is 52.3. The molecular weight excluding hydrogens is 973 g/mol. The molecule has 10 rings (SSSR count). The van der Waals surface area contributed by atoms with Crippen molar-refractivity contribution in [1.29, 1.82) is 0 Å². The highest BCUT2D eigenvalue weighted by molar-refractivity contribution is 5.30. The molecule has 0 radical (unpaired) electrons. The second-order valence-electron chi connectivity index (χ2n) is 22.8. The SMILES string of the molecule is C=C1CC[C@@]2(OC1)O[C@@H]1C[C@@]3(O)[C@@H]4CC=C5C[C@@H](O[C@@H]6O[C@H](CO)[C@H](O[C@@H]7O[C@H](CO)[C@@H](O)[C@H](O[C@@H]8OC[C@@H](O)[C@H](O)[C@H]8O)[C@H]7O[C@@H]7O[C@H](CO)[C@@H](O)[C@H](O)[C@H]7O)[C@H](O)[C@H]6O)CC[C@]5(C)[C@H]4CC[C@]3(C)[C@H]1[C@@H]2O. The van der Waals surface area contributed by atoms with E-state index in [1.807, 2.05) is 0 Å². The van der Waals surface area contributed by atoms with Gasteiger partial charge < -0.3 is 119 Å². The third kappa shape index (κ3) is 9.03. The van der Waals surface area contributed by atoms with Crippen molar-refractivity contribution in [2.75, 3.05) is 33.0 Å². The monoisotopic (exact) mass is 1050 g/mol. The Bertz CT molecular complexity index is 1990. The molecule has 14 N–H and O–H groups in total. The Labute approximate surface area is 421 Å². The molecule has 0 unspecified atom stereocenters. The van der Waals surface area contributed by atoms with Gasteiger partial charge in [0.2, 0.25) is 0 Å². The predicted molar refractivity (Wildman–Crippen MR) is 241 cm³/mol. The van der Waals surface area contributed by atoms with E-state index in [-0.39, 0.29) is 29.3 Å². The lowest BCUT2D eigenvalue weighted by Gasteiger charge is -2.61. The van der Waals surface area contributed by atoms with Crippen LogP contribution in [0.4, 0.5) is 0 Å². The summed E-state index contributed by atoms with van der Waals surface area (Å²) in [5.41, 5.74) is 0.0930. The van der Waals surface area contributed by atoms with Gasteiger partial charge in [-0.15, -0.1) is 0 Å². The van der Waals surface area contributed by atoms with Gasteiger partial charge in [-0.1, -0.05) is 37.6 Å². The summed E-state index contributed by atoms with van der Waals surface area (Å²) >= 11 is 0. The van der Waals surface area contributed by atoms with Gasteiger partial charge >= 0.3 is 0 Å². The summed E-state index contributed by atoms with van der Waals surface area (Å²) < 4.78 is 60.3. The number of hydrogen-bond acceptors (Lipinski definition) is 24. The normalized spacial score (nSPS) is 56.1. The lowest BCUT2D eigenvalue weighted by atomic mass is 9.45. The van der Waals surface area contributed by atoms with Crippen LogP contribution in [0.3, 0.4) is 0 Å². The minimum absolute atomic E-state index is 0.0926. The van der Waals surface area contributed by atoms with Crippen molar-refractivity contribution in [3.63, 3.8) is 0 Å². The minimum atomic E-state index is -2.02. The summed E-state index contributed by atoms with van der Waals surface area (Å²) in [6.45, 7) is 5.59. The smallest absolute Gasteiger partial charge is 0.195 e. The Morgan fingerprint density at radius 1 is 0.644 bits per heavy atom. The molecule has 3 saturated carbocycles. The molecule has 73 heavy (non-hydrogen) atoms. The van der Waals surface area contributed by atoms with Crippen LogP contribution in [0.15, 0.2) is 23.8 Å². The lowest BCUT2D eigenvalue weighted by Crippen LogP contribution is -2.68. The van der Waals surface area contributed by atoms with Gasteiger partial charge in [0.05, 0.1) is 50.8 Å². The summed E-state index contributed by atoms with van der Waals surface area (Å²) in [7, 11) is 0. The number of fused-ring (bicyclic) bond motifs is 7. The van der Waals surface area contributed by atoms with E-state index >= 15 is 0 Å².